The molecule has 2 N–H and O–H groups in total. The summed E-state index contributed by atoms with van der Waals surface area (Å²) < 4.78 is 4.72. The van der Waals surface area contributed by atoms with Crippen molar-refractivity contribution in [3.05, 3.63) is 29.8 Å². The van der Waals surface area contributed by atoms with Crippen LogP contribution >= 0.6 is 0 Å². The Bertz CT molecular complexity index is 560. The maximum Gasteiger partial charge on any atom is 0.339 e. The average Bonchev–Trinajstić information content (AvgIpc) is 2.42. The molecular weight excluding hydrogens is 292 g/mol. The number of hydrogen-bond acceptors (Lipinski definition) is 4. The van der Waals surface area contributed by atoms with Gasteiger partial charge in [-0.3, -0.25) is 4.79 Å². The van der Waals surface area contributed by atoms with E-state index in [4.69, 9.17) is 4.74 Å². The number of esters is 1. The van der Waals surface area contributed by atoms with Crippen molar-refractivity contribution in [3.8, 4) is 0 Å². The number of hydrogen-bond donors (Lipinski definition) is 2. The number of rotatable bonds is 6. The van der Waals surface area contributed by atoms with Gasteiger partial charge < -0.3 is 15.4 Å². The van der Waals surface area contributed by atoms with E-state index in [9.17, 15) is 9.59 Å². The number of carbonyl (C=O) groups excluding carboxylic acids is 2. The highest BCUT2D eigenvalue weighted by Crippen LogP contribution is 2.26. The molecule has 0 bridgehead atoms. The lowest BCUT2D eigenvalue weighted by atomic mass is 9.82. The minimum Gasteiger partial charge on any atom is -0.465 e. The number of benzene rings is 1. The lowest BCUT2D eigenvalue weighted by molar-refractivity contribution is -0.115. The summed E-state index contributed by atoms with van der Waals surface area (Å²) in [6.45, 7) is 10.8. The number of anilines is 1. The minimum absolute atomic E-state index is 0.155. The van der Waals surface area contributed by atoms with E-state index < -0.39 is 5.97 Å². The van der Waals surface area contributed by atoms with Gasteiger partial charge >= 0.3 is 5.97 Å². The third-order valence-electron chi connectivity index (χ3n) is 3.31. The van der Waals surface area contributed by atoms with Crippen LogP contribution in [0.4, 0.5) is 5.69 Å². The van der Waals surface area contributed by atoms with Crippen molar-refractivity contribution in [2.45, 2.75) is 46.6 Å². The van der Waals surface area contributed by atoms with Crippen molar-refractivity contribution in [2.75, 3.05) is 19.0 Å². The van der Waals surface area contributed by atoms with Gasteiger partial charge in [-0.05, 0) is 37.8 Å². The molecule has 1 amide bonds. The number of methoxy groups -OCH3 is 1. The summed E-state index contributed by atoms with van der Waals surface area (Å²) in [7, 11) is 1.32. The summed E-state index contributed by atoms with van der Waals surface area (Å²) in [6.07, 6.45) is 0.937. The van der Waals surface area contributed by atoms with Crippen molar-refractivity contribution in [3.63, 3.8) is 0 Å². The quantitative estimate of drug-likeness (QED) is 0.790. The van der Waals surface area contributed by atoms with Crippen LogP contribution in [-0.4, -0.2) is 31.1 Å². The minimum atomic E-state index is -0.470. The molecule has 0 aliphatic rings. The van der Waals surface area contributed by atoms with E-state index in [0.717, 1.165) is 6.42 Å². The molecule has 128 valence electrons. The van der Waals surface area contributed by atoms with Gasteiger partial charge in [-0.1, -0.05) is 32.9 Å². The SMILES string of the molecule is COC(=O)c1ccccc1NC(=O)CNC(C)(C)CC(C)(C)C. The van der Waals surface area contributed by atoms with Gasteiger partial charge in [-0.2, -0.15) is 0 Å². The van der Waals surface area contributed by atoms with Crippen molar-refractivity contribution in [1.82, 2.24) is 5.32 Å². The molecule has 0 heterocycles. The van der Waals surface area contributed by atoms with E-state index >= 15 is 0 Å². The summed E-state index contributed by atoms with van der Waals surface area (Å²) in [6, 6.07) is 6.80. The molecule has 0 saturated carbocycles. The first kappa shape index (κ1) is 19.2. The number of ether oxygens (including phenoxy) is 1. The first-order valence-electron chi connectivity index (χ1n) is 7.76. The Kier molecular flexibility index (Phi) is 6.33. The van der Waals surface area contributed by atoms with Crippen LogP contribution in [-0.2, 0) is 9.53 Å². The summed E-state index contributed by atoms with van der Waals surface area (Å²) >= 11 is 0. The number of carbonyl (C=O) groups is 2. The second-order valence-electron chi connectivity index (χ2n) is 7.56. The molecule has 0 atom stereocenters. The zero-order chi connectivity index (χ0) is 17.7. The van der Waals surface area contributed by atoms with Crippen LogP contribution in [0.15, 0.2) is 24.3 Å². The first-order chi connectivity index (χ1) is 10.5. The van der Waals surface area contributed by atoms with E-state index in [1.54, 1.807) is 24.3 Å². The Balaban J connectivity index is 2.66. The van der Waals surface area contributed by atoms with Crippen LogP contribution in [0.5, 0.6) is 0 Å². The molecule has 0 spiro atoms. The molecule has 0 saturated heterocycles. The predicted octanol–water partition coefficient (Wildman–Crippen LogP) is 3.22. The molecule has 0 aromatic heterocycles. The molecule has 0 fully saturated rings. The zero-order valence-electron chi connectivity index (χ0n) is 14.9. The summed E-state index contributed by atoms with van der Waals surface area (Å²) in [5, 5.41) is 6.03. The normalized spacial score (nSPS) is 11.9. The Labute approximate surface area is 138 Å². The molecule has 0 aliphatic carbocycles. The zero-order valence-corrected chi connectivity index (χ0v) is 14.9. The standard InChI is InChI=1S/C18H28N2O3/c1-17(2,3)12-18(4,5)19-11-15(21)20-14-10-8-7-9-13(14)16(22)23-6/h7-10,19H,11-12H2,1-6H3,(H,20,21). The molecule has 0 aliphatic heterocycles. The fourth-order valence-electron chi connectivity index (χ4n) is 2.78. The Morgan fingerprint density at radius 1 is 1.09 bits per heavy atom. The second-order valence-corrected chi connectivity index (χ2v) is 7.56. The lowest BCUT2D eigenvalue weighted by Crippen LogP contribution is -2.45. The highest BCUT2D eigenvalue weighted by atomic mass is 16.5. The van der Waals surface area contributed by atoms with Crippen LogP contribution in [0.25, 0.3) is 0 Å². The molecule has 1 aromatic rings. The van der Waals surface area contributed by atoms with E-state index in [1.807, 2.05) is 0 Å². The Hall–Kier alpha value is -1.88. The van der Waals surface area contributed by atoms with Gasteiger partial charge in [0.05, 0.1) is 24.9 Å². The van der Waals surface area contributed by atoms with E-state index in [0.29, 0.717) is 11.3 Å². The van der Waals surface area contributed by atoms with E-state index in [2.05, 4.69) is 45.3 Å². The third-order valence-corrected chi connectivity index (χ3v) is 3.31. The third kappa shape index (κ3) is 6.82. The van der Waals surface area contributed by atoms with Crippen molar-refractivity contribution >= 4 is 17.6 Å². The van der Waals surface area contributed by atoms with Gasteiger partial charge in [0, 0.05) is 5.54 Å². The van der Waals surface area contributed by atoms with Gasteiger partial charge in [-0.25, -0.2) is 4.79 Å². The summed E-state index contributed by atoms with van der Waals surface area (Å²) in [5.41, 5.74) is 0.819. The monoisotopic (exact) mass is 320 g/mol. The fourth-order valence-corrected chi connectivity index (χ4v) is 2.78. The molecule has 23 heavy (non-hydrogen) atoms. The van der Waals surface area contributed by atoms with Crippen molar-refractivity contribution in [1.29, 1.82) is 0 Å². The largest absolute Gasteiger partial charge is 0.465 e. The number of amides is 1. The number of para-hydroxylation sites is 1. The van der Waals surface area contributed by atoms with Crippen LogP contribution in [0.1, 0.15) is 51.4 Å². The Morgan fingerprint density at radius 2 is 1.70 bits per heavy atom. The van der Waals surface area contributed by atoms with Crippen LogP contribution in [0.2, 0.25) is 0 Å². The predicted molar refractivity (Wildman–Crippen MR) is 92.6 cm³/mol. The molecule has 5 heteroatoms. The van der Waals surface area contributed by atoms with Crippen LogP contribution in [0, 0.1) is 5.41 Å². The molecule has 1 rings (SSSR count). The topological polar surface area (TPSA) is 67.4 Å². The summed E-state index contributed by atoms with van der Waals surface area (Å²) in [4.78, 5) is 23.9. The van der Waals surface area contributed by atoms with E-state index in [-0.39, 0.29) is 23.4 Å². The van der Waals surface area contributed by atoms with Gasteiger partial charge in [0.25, 0.3) is 0 Å². The van der Waals surface area contributed by atoms with E-state index in [1.165, 1.54) is 7.11 Å². The first-order valence-corrected chi connectivity index (χ1v) is 7.76. The average molecular weight is 320 g/mol. The van der Waals surface area contributed by atoms with Crippen LogP contribution in [0.3, 0.4) is 0 Å². The Morgan fingerprint density at radius 3 is 2.26 bits per heavy atom. The van der Waals surface area contributed by atoms with Gasteiger partial charge in [0.1, 0.15) is 0 Å². The highest BCUT2D eigenvalue weighted by molar-refractivity contribution is 6.01. The van der Waals surface area contributed by atoms with Gasteiger partial charge in [-0.15, -0.1) is 0 Å². The maximum atomic E-state index is 12.2. The molecule has 0 radical (unpaired) electrons. The highest BCUT2D eigenvalue weighted by Gasteiger charge is 2.25. The summed E-state index contributed by atoms with van der Waals surface area (Å²) in [5.74, 6) is -0.662. The van der Waals surface area contributed by atoms with Gasteiger partial charge in [0.15, 0.2) is 0 Å². The van der Waals surface area contributed by atoms with Crippen molar-refractivity contribution in [2.24, 2.45) is 5.41 Å². The maximum absolute atomic E-state index is 12.2. The number of nitrogens with one attached hydrogen (secondary N) is 2. The van der Waals surface area contributed by atoms with Gasteiger partial charge in [0.2, 0.25) is 5.91 Å². The smallest absolute Gasteiger partial charge is 0.339 e. The van der Waals surface area contributed by atoms with Crippen LogP contribution < -0.4 is 10.6 Å². The molecular formula is C18H28N2O3. The second kappa shape index (κ2) is 7.59. The molecule has 0 unspecified atom stereocenters. The molecule has 5 nitrogen and oxygen atoms in total. The van der Waals surface area contributed by atoms with Crippen molar-refractivity contribution < 1.29 is 14.3 Å². The molecule has 1 aromatic carbocycles. The lowest BCUT2D eigenvalue weighted by Gasteiger charge is -2.33. The fraction of sp³-hybridized carbons (Fsp3) is 0.556.